The van der Waals surface area contributed by atoms with Crippen molar-refractivity contribution >= 4 is 38.7 Å². The smallest absolute Gasteiger partial charge is 0.0703 e. The van der Waals surface area contributed by atoms with Gasteiger partial charge in [0.25, 0.3) is 0 Å². The molecule has 92 valence electrons. The van der Waals surface area contributed by atoms with Crippen molar-refractivity contribution in [1.29, 1.82) is 0 Å². The van der Waals surface area contributed by atoms with Gasteiger partial charge in [0, 0.05) is 22.3 Å². The average molecular weight is 311 g/mol. The zero-order valence-electron chi connectivity index (χ0n) is 10.1. The van der Waals surface area contributed by atoms with E-state index >= 15 is 0 Å². The van der Waals surface area contributed by atoms with Gasteiger partial charge >= 0.3 is 0 Å². The third kappa shape index (κ3) is 2.88. The van der Waals surface area contributed by atoms with Gasteiger partial charge < -0.3 is 0 Å². The van der Waals surface area contributed by atoms with Crippen molar-refractivity contribution in [2.45, 2.75) is 0 Å². The van der Waals surface area contributed by atoms with E-state index in [0.29, 0.717) is 0 Å². The van der Waals surface area contributed by atoms with Crippen molar-refractivity contribution < 1.29 is 0 Å². The second-order valence-electron chi connectivity index (χ2n) is 4.19. The Morgan fingerprint density at radius 1 is 1.00 bits per heavy atom. The molecule has 0 fully saturated rings. The first-order valence-corrected chi connectivity index (χ1v) is 6.75. The molecule has 0 radical (unpaired) electrons. The fourth-order valence-corrected chi connectivity index (χ4v) is 2.11. The van der Waals surface area contributed by atoms with E-state index in [1.54, 1.807) is 6.20 Å². The highest BCUT2D eigenvalue weighted by atomic mass is 79.9. The lowest BCUT2D eigenvalue weighted by molar-refractivity contribution is 1.41. The predicted octanol–water partition coefficient (Wildman–Crippen LogP) is 4.75. The van der Waals surface area contributed by atoms with E-state index in [-0.39, 0.29) is 0 Å². The fraction of sp³-hybridized carbons (Fsp3) is 0. The van der Waals surface area contributed by atoms with Gasteiger partial charge in [-0.2, -0.15) is 0 Å². The summed E-state index contributed by atoms with van der Waals surface area (Å²) >= 11 is 3.42. The summed E-state index contributed by atoms with van der Waals surface area (Å²) in [6, 6.07) is 18.0. The van der Waals surface area contributed by atoms with Crippen LogP contribution in [0.1, 0.15) is 5.56 Å². The van der Waals surface area contributed by atoms with E-state index < -0.39 is 0 Å². The molecule has 1 heterocycles. The molecular formula is C16H11BrN2. The summed E-state index contributed by atoms with van der Waals surface area (Å²) in [6.07, 6.45) is 3.66. The Balaban J connectivity index is 1.90. The number of fused-ring (bicyclic) bond motifs is 1. The molecule has 0 bridgehead atoms. The monoisotopic (exact) mass is 310 g/mol. The van der Waals surface area contributed by atoms with Gasteiger partial charge in [0.15, 0.2) is 0 Å². The van der Waals surface area contributed by atoms with E-state index in [1.807, 2.05) is 60.8 Å². The summed E-state index contributed by atoms with van der Waals surface area (Å²) < 4.78 is 1.07. The van der Waals surface area contributed by atoms with Crippen molar-refractivity contribution in [3.05, 3.63) is 70.8 Å². The van der Waals surface area contributed by atoms with Crippen LogP contribution in [0.3, 0.4) is 0 Å². The van der Waals surface area contributed by atoms with Gasteiger partial charge in [-0.25, -0.2) is 0 Å². The van der Waals surface area contributed by atoms with Crippen LogP contribution in [0.25, 0.3) is 10.9 Å². The van der Waals surface area contributed by atoms with Crippen molar-refractivity contribution in [2.75, 3.05) is 0 Å². The first-order valence-electron chi connectivity index (χ1n) is 5.96. The summed E-state index contributed by atoms with van der Waals surface area (Å²) in [5.41, 5.74) is 3.00. The third-order valence-corrected chi connectivity index (χ3v) is 3.35. The Morgan fingerprint density at radius 3 is 2.68 bits per heavy atom. The highest BCUT2D eigenvalue weighted by Gasteiger charge is 1.95. The van der Waals surface area contributed by atoms with Gasteiger partial charge in [-0.15, -0.1) is 0 Å². The lowest BCUT2D eigenvalue weighted by Crippen LogP contribution is -1.80. The Bertz CT molecular complexity index is 733. The SMILES string of the molecule is Brc1ccc(C=Nc2ccc3ncccc3c2)cc1. The molecule has 0 atom stereocenters. The summed E-state index contributed by atoms with van der Waals surface area (Å²) in [5.74, 6) is 0. The molecule has 0 amide bonds. The first-order chi connectivity index (χ1) is 9.31. The van der Waals surface area contributed by atoms with Crippen LogP contribution in [0.15, 0.2) is 70.3 Å². The molecule has 0 N–H and O–H groups in total. The molecule has 0 aliphatic carbocycles. The number of rotatable bonds is 2. The molecule has 3 rings (SSSR count). The molecule has 0 saturated carbocycles. The van der Waals surface area contributed by atoms with Gasteiger partial charge in [-0.1, -0.05) is 34.1 Å². The number of nitrogens with zero attached hydrogens (tertiary/aromatic N) is 2. The molecule has 2 nitrogen and oxygen atoms in total. The predicted molar refractivity (Wildman–Crippen MR) is 83.1 cm³/mol. The zero-order chi connectivity index (χ0) is 13.1. The van der Waals surface area contributed by atoms with Crippen LogP contribution in [0.5, 0.6) is 0 Å². The summed E-state index contributed by atoms with van der Waals surface area (Å²) in [6.45, 7) is 0. The Hall–Kier alpha value is -2.00. The topological polar surface area (TPSA) is 25.2 Å². The van der Waals surface area contributed by atoms with E-state index in [1.165, 1.54) is 0 Å². The average Bonchev–Trinajstić information content (AvgIpc) is 2.46. The number of benzene rings is 2. The second-order valence-corrected chi connectivity index (χ2v) is 5.11. The summed E-state index contributed by atoms with van der Waals surface area (Å²) in [7, 11) is 0. The number of hydrogen-bond donors (Lipinski definition) is 0. The Labute approximate surface area is 120 Å². The molecule has 19 heavy (non-hydrogen) atoms. The molecule has 0 spiro atoms. The van der Waals surface area contributed by atoms with Gasteiger partial charge in [-0.05, 0) is 42.0 Å². The molecular weight excluding hydrogens is 300 g/mol. The molecule has 0 aliphatic heterocycles. The first kappa shape index (κ1) is 12.1. The molecule has 0 aliphatic rings. The zero-order valence-corrected chi connectivity index (χ0v) is 11.7. The van der Waals surface area contributed by atoms with Crippen molar-refractivity contribution in [3.63, 3.8) is 0 Å². The molecule has 1 aromatic heterocycles. The summed E-state index contributed by atoms with van der Waals surface area (Å²) in [4.78, 5) is 8.78. The third-order valence-electron chi connectivity index (χ3n) is 2.82. The van der Waals surface area contributed by atoms with Gasteiger partial charge in [0.2, 0.25) is 0 Å². The number of aromatic nitrogens is 1. The van der Waals surface area contributed by atoms with Crippen LogP contribution < -0.4 is 0 Å². The minimum atomic E-state index is 0.934. The van der Waals surface area contributed by atoms with Crippen LogP contribution in [0, 0.1) is 0 Å². The van der Waals surface area contributed by atoms with Crippen LogP contribution in [0.4, 0.5) is 5.69 Å². The van der Waals surface area contributed by atoms with Crippen LogP contribution in [0.2, 0.25) is 0 Å². The quantitative estimate of drug-likeness (QED) is 0.627. The van der Waals surface area contributed by atoms with E-state index in [2.05, 4.69) is 25.9 Å². The van der Waals surface area contributed by atoms with E-state index in [0.717, 1.165) is 26.6 Å². The molecule has 0 unspecified atom stereocenters. The largest absolute Gasteiger partial charge is 0.256 e. The highest BCUT2D eigenvalue weighted by Crippen LogP contribution is 2.19. The summed E-state index contributed by atoms with van der Waals surface area (Å²) in [5, 5.41) is 1.10. The lowest BCUT2D eigenvalue weighted by atomic mass is 10.2. The second kappa shape index (κ2) is 5.33. The maximum Gasteiger partial charge on any atom is 0.0703 e. The minimum absolute atomic E-state index is 0.934. The normalized spacial score (nSPS) is 11.2. The van der Waals surface area contributed by atoms with Crippen LogP contribution in [-0.2, 0) is 0 Å². The molecule has 2 aromatic carbocycles. The lowest BCUT2D eigenvalue weighted by Gasteiger charge is -1.98. The fourth-order valence-electron chi connectivity index (χ4n) is 1.84. The maximum atomic E-state index is 4.49. The number of halogens is 1. The number of aliphatic imine (C=N–C) groups is 1. The van der Waals surface area contributed by atoms with E-state index in [9.17, 15) is 0 Å². The number of pyridine rings is 1. The van der Waals surface area contributed by atoms with Crippen molar-refractivity contribution in [1.82, 2.24) is 4.98 Å². The van der Waals surface area contributed by atoms with Gasteiger partial charge in [0.05, 0.1) is 11.2 Å². The molecule has 0 saturated heterocycles. The maximum absolute atomic E-state index is 4.49. The highest BCUT2D eigenvalue weighted by molar-refractivity contribution is 9.10. The van der Waals surface area contributed by atoms with Crippen LogP contribution in [-0.4, -0.2) is 11.2 Å². The van der Waals surface area contributed by atoms with Crippen molar-refractivity contribution in [3.8, 4) is 0 Å². The Kier molecular flexibility index (Phi) is 3.38. The van der Waals surface area contributed by atoms with Crippen molar-refractivity contribution in [2.24, 2.45) is 4.99 Å². The van der Waals surface area contributed by atoms with Gasteiger partial charge in [-0.3, -0.25) is 9.98 Å². The van der Waals surface area contributed by atoms with Gasteiger partial charge in [0.1, 0.15) is 0 Å². The number of hydrogen-bond acceptors (Lipinski definition) is 2. The van der Waals surface area contributed by atoms with Crippen LogP contribution >= 0.6 is 15.9 Å². The Morgan fingerprint density at radius 2 is 1.84 bits per heavy atom. The molecule has 3 heteroatoms. The standard InChI is InChI=1S/C16H11BrN2/c17-14-5-3-12(4-6-14)11-19-15-7-8-16-13(10-15)2-1-9-18-16/h1-11H. The minimum Gasteiger partial charge on any atom is -0.256 e. The van der Waals surface area contributed by atoms with E-state index in [4.69, 9.17) is 0 Å². The molecule has 3 aromatic rings.